The van der Waals surface area contributed by atoms with Crippen LogP contribution in [0.3, 0.4) is 0 Å². The van der Waals surface area contributed by atoms with Crippen LogP contribution in [0.2, 0.25) is 10.0 Å². The van der Waals surface area contributed by atoms with E-state index in [0.717, 1.165) is 5.56 Å². The normalized spacial score (nSPS) is 11.6. The molecule has 0 radical (unpaired) electrons. The molecule has 3 nitrogen and oxygen atoms in total. The summed E-state index contributed by atoms with van der Waals surface area (Å²) < 4.78 is 1.91. The molecule has 0 aliphatic carbocycles. The van der Waals surface area contributed by atoms with E-state index in [9.17, 15) is 0 Å². The highest BCUT2D eigenvalue weighted by molar-refractivity contribution is 6.35. The molecule has 0 fully saturated rings. The van der Waals surface area contributed by atoms with E-state index in [-0.39, 0.29) is 6.04 Å². The second kappa shape index (κ2) is 7.41. The summed E-state index contributed by atoms with van der Waals surface area (Å²) in [7, 11) is 0. The fourth-order valence-electron chi connectivity index (χ4n) is 1.52. The lowest BCUT2D eigenvalue weighted by Crippen LogP contribution is -2.17. The first-order valence-electron chi connectivity index (χ1n) is 5.83. The maximum absolute atomic E-state index is 6.08. The van der Waals surface area contributed by atoms with Crippen LogP contribution in [-0.2, 0) is 6.54 Å². The molecule has 2 aromatic rings. The second-order valence-electron chi connectivity index (χ2n) is 3.53. The molecule has 0 bridgehead atoms. The van der Waals surface area contributed by atoms with Crippen molar-refractivity contribution in [2.24, 2.45) is 5.73 Å². The van der Waals surface area contributed by atoms with Gasteiger partial charge >= 0.3 is 0 Å². The number of nitrogens with zero attached hydrogens (tertiary/aromatic N) is 2. The van der Waals surface area contributed by atoms with E-state index in [1.807, 2.05) is 30.7 Å². The molecular weight excluding hydrogens is 269 g/mol. The predicted molar refractivity (Wildman–Crippen MR) is 77.0 cm³/mol. The molecule has 2 rings (SSSR count). The third kappa shape index (κ3) is 4.02. The van der Waals surface area contributed by atoms with Crippen molar-refractivity contribution in [3.63, 3.8) is 0 Å². The molecule has 0 saturated carbocycles. The van der Waals surface area contributed by atoms with Crippen molar-refractivity contribution in [2.75, 3.05) is 0 Å². The number of imidazole rings is 1. The van der Waals surface area contributed by atoms with E-state index >= 15 is 0 Å². The summed E-state index contributed by atoms with van der Waals surface area (Å²) in [6, 6.07) is 5.17. The summed E-state index contributed by atoms with van der Waals surface area (Å²) in [5.74, 6) is 0. The van der Waals surface area contributed by atoms with Crippen LogP contribution in [-0.4, -0.2) is 9.55 Å². The molecule has 0 aliphatic rings. The Labute approximate surface area is 118 Å². The van der Waals surface area contributed by atoms with E-state index in [4.69, 9.17) is 28.9 Å². The highest BCUT2D eigenvalue weighted by Crippen LogP contribution is 2.25. The lowest BCUT2D eigenvalue weighted by molar-refractivity contribution is 0.577. The van der Waals surface area contributed by atoms with Crippen LogP contribution in [0.15, 0.2) is 36.9 Å². The van der Waals surface area contributed by atoms with Gasteiger partial charge in [-0.25, -0.2) is 4.98 Å². The molecule has 98 valence electrons. The molecule has 2 N–H and O–H groups in total. The number of halogens is 2. The molecule has 18 heavy (non-hydrogen) atoms. The number of hydrogen-bond acceptors (Lipinski definition) is 2. The largest absolute Gasteiger partial charge is 0.336 e. The molecule has 1 aromatic carbocycles. The van der Waals surface area contributed by atoms with Crippen molar-refractivity contribution >= 4 is 23.2 Å². The number of benzene rings is 1. The summed E-state index contributed by atoms with van der Waals surface area (Å²) in [4.78, 5) is 3.96. The van der Waals surface area contributed by atoms with Gasteiger partial charge in [-0.1, -0.05) is 43.1 Å². The fourth-order valence-corrected chi connectivity index (χ4v) is 2.07. The van der Waals surface area contributed by atoms with E-state index in [0.29, 0.717) is 16.6 Å². The van der Waals surface area contributed by atoms with Crippen LogP contribution in [0, 0.1) is 0 Å². The number of nitrogens with two attached hydrogens (primary N) is 1. The quantitative estimate of drug-likeness (QED) is 0.929. The number of hydrogen-bond donors (Lipinski definition) is 1. The third-order valence-electron chi connectivity index (χ3n) is 2.33. The highest BCUT2D eigenvalue weighted by atomic mass is 35.5. The van der Waals surface area contributed by atoms with Crippen LogP contribution in [0.25, 0.3) is 0 Å². The first-order valence-corrected chi connectivity index (χ1v) is 6.58. The van der Waals surface area contributed by atoms with E-state index in [2.05, 4.69) is 4.98 Å². The molecule has 1 unspecified atom stereocenters. The van der Waals surface area contributed by atoms with Crippen molar-refractivity contribution in [1.29, 1.82) is 0 Å². The Balaban J connectivity index is 0.000000771. The number of aromatic nitrogens is 2. The van der Waals surface area contributed by atoms with Crippen molar-refractivity contribution in [3.8, 4) is 0 Å². The van der Waals surface area contributed by atoms with Gasteiger partial charge in [-0.3, -0.25) is 0 Å². The summed E-state index contributed by atoms with van der Waals surface area (Å²) in [5, 5.41) is 1.21. The summed E-state index contributed by atoms with van der Waals surface area (Å²) in [6.07, 6.45) is 5.31. The van der Waals surface area contributed by atoms with E-state index in [1.54, 1.807) is 24.7 Å². The highest BCUT2D eigenvalue weighted by Gasteiger charge is 2.10. The number of rotatable bonds is 3. The van der Waals surface area contributed by atoms with Gasteiger partial charge in [0.1, 0.15) is 0 Å². The molecule has 1 aromatic heterocycles. The van der Waals surface area contributed by atoms with Gasteiger partial charge in [-0.15, -0.1) is 0 Å². The topological polar surface area (TPSA) is 43.8 Å². The van der Waals surface area contributed by atoms with Gasteiger partial charge in [0, 0.05) is 35.0 Å². The van der Waals surface area contributed by atoms with Gasteiger partial charge in [0.05, 0.1) is 6.33 Å². The van der Waals surface area contributed by atoms with E-state index < -0.39 is 0 Å². The Morgan fingerprint density at radius 1 is 1.33 bits per heavy atom. The van der Waals surface area contributed by atoms with Gasteiger partial charge < -0.3 is 10.3 Å². The van der Waals surface area contributed by atoms with E-state index in [1.165, 1.54) is 0 Å². The maximum atomic E-state index is 6.08. The Morgan fingerprint density at radius 2 is 2.06 bits per heavy atom. The van der Waals surface area contributed by atoms with Crippen LogP contribution >= 0.6 is 23.2 Å². The SMILES string of the molecule is CC.NC(Cn1ccnc1)c1ccc(Cl)cc1Cl. The lowest BCUT2D eigenvalue weighted by Gasteiger charge is -2.14. The molecule has 1 heterocycles. The predicted octanol–water partition coefficient (Wildman–Crippen LogP) is 3.92. The minimum Gasteiger partial charge on any atom is -0.336 e. The van der Waals surface area contributed by atoms with Gasteiger partial charge in [0.15, 0.2) is 0 Å². The average Bonchev–Trinajstić information content (AvgIpc) is 2.84. The van der Waals surface area contributed by atoms with Crippen molar-refractivity contribution in [1.82, 2.24) is 9.55 Å². The fraction of sp³-hybridized carbons (Fsp3) is 0.308. The first-order chi connectivity index (χ1) is 8.66. The molecule has 0 amide bonds. The molecular formula is C13H17Cl2N3. The second-order valence-corrected chi connectivity index (χ2v) is 4.38. The Hall–Kier alpha value is -1.03. The van der Waals surface area contributed by atoms with Gasteiger partial charge in [0.25, 0.3) is 0 Å². The third-order valence-corrected chi connectivity index (χ3v) is 2.89. The van der Waals surface area contributed by atoms with Crippen LogP contribution in [0.1, 0.15) is 25.5 Å². The zero-order chi connectivity index (χ0) is 13.5. The van der Waals surface area contributed by atoms with Crippen LogP contribution in [0.4, 0.5) is 0 Å². The van der Waals surface area contributed by atoms with Gasteiger partial charge in [0.2, 0.25) is 0 Å². The van der Waals surface area contributed by atoms with Gasteiger partial charge in [-0.2, -0.15) is 0 Å². The van der Waals surface area contributed by atoms with Gasteiger partial charge in [-0.05, 0) is 17.7 Å². The Kier molecular flexibility index (Phi) is 6.19. The smallest absolute Gasteiger partial charge is 0.0946 e. The van der Waals surface area contributed by atoms with Crippen molar-refractivity contribution in [3.05, 3.63) is 52.5 Å². The van der Waals surface area contributed by atoms with Crippen LogP contribution < -0.4 is 5.73 Å². The zero-order valence-corrected chi connectivity index (χ0v) is 12.0. The average molecular weight is 286 g/mol. The lowest BCUT2D eigenvalue weighted by atomic mass is 10.1. The summed E-state index contributed by atoms with van der Waals surface area (Å²) >= 11 is 11.9. The first kappa shape index (κ1) is 15.0. The molecule has 0 saturated heterocycles. The van der Waals surface area contributed by atoms with Crippen LogP contribution in [0.5, 0.6) is 0 Å². The molecule has 5 heteroatoms. The van der Waals surface area contributed by atoms with Crippen molar-refractivity contribution < 1.29 is 0 Å². The summed E-state index contributed by atoms with van der Waals surface area (Å²) in [5.41, 5.74) is 6.95. The Bertz CT molecular complexity index is 469. The van der Waals surface area contributed by atoms with Crippen molar-refractivity contribution in [2.45, 2.75) is 26.4 Å². The minimum absolute atomic E-state index is 0.168. The molecule has 0 aliphatic heterocycles. The minimum atomic E-state index is -0.168. The standard InChI is InChI=1S/C11H11Cl2N3.C2H6/c12-8-1-2-9(10(13)5-8)11(14)6-16-4-3-15-7-16;1-2/h1-5,7,11H,6,14H2;1-2H3. The zero-order valence-electron chi connectivity index (χ0n) is 10.5. The monoisotopic (exact) mass is 285 g/mol. The summed E-state index contributed by atoms with van der Waals surface area (Å²) in [6.45, 7) is 4.64. The maximum Gasteiger partial charge on any atom is 0.0946 e. The molecule has 0 spiro atoms. The molecule has 1 atom stereocenters. The Morgan fingerprint density at radius 3 is 2.61 bits per heavy atom.